The van der Waals surface area contributed by atoms with Crippen molar-refractivity contribution < 1.29 is 9.18 Å². The third-order valence-corrected chi connectivity index (χ3v) is 5.12. The zero-order valence-corrected chi connectivity index (χ0v) is 14.8. The van der Waals surface area contributed by atoms with Crippen molar-refractivity contribution in [3.8, 4) is 0 Å². The summed E-state index contributed by atoms with van der Waals surface area (Å²) in [7, 11) is 1.51. The maximum absolute atomic E-state index is 14.3. The van der Waals surface area contributed by atoms with Crippen LogP contribution in [0.3, 0.4) is 0 Å². The first-order valence-electron chi connectivity index (χ1n) is 7.75. The van der Waals surface area contributed by atoms with Crippen LogP contribution in [0.15, 0.2) is 28.7 Å². The molecule has 122 valence electrons. The molecule has 1 aliphatic rings. The van der Waals surface area contributed by atoms with Crippen LogP contribution in [-0.4, -0.2) is 27.1 Å². The Hall–Kier alpha value is -1.69. The van der Waals surface area contributed by atoms with Crippen LogP contribution in [0.1, 0.15) is 46.9 Å². The molecule has 1 saturated heterocycles. The predicted molar refractivity (Wildman–Crippen MR) is 89.7 cm³/mol. The van der Waals surface area contributed by atoms with Crippen LogP contribution in [0.25, 0.3) is 0 Å². The summed E-state index contributed by atoms with van der Waals surface area (Å²) in [6.07, 6.45) is 2.88. The van der Waals surface area contributed by atoms with Gasteiger partial charge in [0.25, 0.3) is 5.91 Å². The summed E-state index contributed by atoms with van der Waals surface area (Å²) in [6, 6.07) is 7.88. The summed E-state index contributed by atoms with van der Waals surface area (Å²) in [5.41, 5.74) is 1.60. The van der Waals surface area contributed by atoms with Crippen molar-refractivity contribution in [3.05, 3.63) is 51.5 Å². The van der Waals surface area contributed by atoms with Crippen molar-refractivity contribution >= 4 is 21.8 Å². The van der Waals surface area contributed by atoms with Crippen molar-refractivity contribution in [2.45, 2.75) is 32.2 Å². The Labute approximate surface area is 143 Å². The number of rotatable bonds is 2. The van der Waals surface area contributed by atoms with Gasteiger partial charge in [-0.15, -0.1) is 0 Å². The van der Waals surface area contributed by atoms with E-state index in [1.165, 1.54) is 7.05 Å². The van der Waals surface area contributed by atoms with Gasteiger partial charge in [0.1, 0.15) is 5.56 Å². The molecule has 1 fully saturated rings. The molecule has 1 unspecified atom stereocenters. The van der Waals surface area contributed by atoms with E-state index in [1.54, 1.807) is 11.8 Å². The van der Waals surface area contributed by atoms with E-state index in [4.69, 9.17) is 0 Å². The first-order valence-corrected chi connectivity index (χ1v) is 8.54. The number of carbonyl (C=O) groups is 1. The minimum Gasteiger partial charge on any atom is -0.331 e. The number of piperidine rings is 1. The van der Waals surface area contributed by atoms with Gasteiger partial charge in [0.15, 0.2) is 0 Å². The molecule has 0 saturated carbocycles. The molecule has 2 heterocycles. The second-order valence-corrected chi connectivity index (χ2v) is 6.76. The summed E-state index contributed by atoms with van der Waals surface area (Å²) < 4.78 is 16.4. The quantitative estimate of drug-likeness (QED) is 0.790. The second kappa shape index (κ2) is 6.43. The second-order valence-electron chi connectivity index (χ2n) is 5.91. The third-order valence-electron chi connectivity index (χ3n) is 4.39. The normalized spacial score (nSPS) is 18.3. The predicted octanol–water partition coefficient (Wildman–Crippen LogP) is 4.00. The lowest BCUT2D eigenvalue weighted by atomic mass is 9.94. The highest BCUT2D eigenvalue weighted by Gasteiger charge is 2.33. The number of nitrogens with zero attached hydrogens (tertiary/aromatic N) is 3. The van der Waals surface area contributed by atoms with E-state index in [1.807, 2.05) is 24.3 Å². The minimum absolute atomic E-state index is 0.0363. The number of hydrogen-bond acceptors (Lipinski definition) is 2. The van der Waals surface area contributed by atoms with E-state index in [9.17, 15) is 9.18 Å². The van der Waals surface area contributed by atoms with Crippen LogP contribution in [0.4, 0.5) is 4.39 Å². The van der Waals surface area contributed by atoms with E-state index < -0.39 is 5.95 Å². The van der Waals surface area contributed by atoms with Gasteiger partial charge in [-0.1, -0.05) is 34.1 Å². The fourth-order valence-electron chi connectivity index (χ4n) is 3.26. The van der Waals surface area contributed by atoms with Gasteiger partial charge in [-0.05, 0) is 37.8 Å². The Morgan fingerprint density at radius 2 is 2.09 bits per heavy atom. The minimum atomic E-state index is -0.566. The monoisotopic (exact) mass is 379 g/mol. The van der Waals surface area contributed by atoms with Crippen molar-refractivity contribution in [1.82, 2.24) is 14.7 Å². The summed E-state index contributed by atoms with van der Waals surface area (Å²) in [5, 5.41) is 4.03. The van der Waals surface area contributed by atoms with Crippen LogP contribution in [0.2, 0.25) is 0 Å². The van der Waals surface area contributed by atoms with E-state index in [0.717, 1.165) is 34.0 Å². The van der Waals surface area contributed by atoms with Crippen molar-refractivity contribution in [2.75, 3.05) is 6.54 Å². The Morgan fingerprint density at radius 3 is 2.74 bits per heavy atom. The van der Waals surface area contributed by atoms with Crippen LogP contribution in [-0.2, 0) is 7.05 Å². The molecule has 0 aliphatic carbocycles. The fraction of sp³-hybridized carbons (Fsp3) is 0.412. The maximum atomic E-state index is 14.3. The molecule has 1 amide bonds. The molecule has 1 aromatic carbocycles. The lowest BCUT2D eigenvalue weighted by Crippen LogP contribution is -2.39. The van der Waals surface area contributed by atoms with Gasteiger partial charge >= 0.3 is 0 Å². The first kappa shape index (κ1) is 16.2. The van der Waals surface area contributed by atoms with Gasteiger partial charge in [-0.25, -0.2) is 4.68 Å². The largest absolute Gasteiger partial charge is 0.331 e. The molecular formula is C17H19BrFN3O. The van der Waals surface area contributed by atoms with E-state index >= 15 is 0 Å². The van der Waals surface area contributed by atoms with Crippen LogP contribution in [0, 0.1) is 12.9 Å². The Balaban J connectivity index is 1.99. The molecule has 4 nitrogen and oxygen atoms in total. The van der Waals surface area contributed by atoms with Crippen LogP contribution in [0.5, 0.6) is 0 Å². The summed E-state index contributed by atoms with van der Waals surface area (Å²) in [5.74, 6) is -0.836. The zero-order chi connectivity index (χ0) is 16.6. The molecule has 0 bridgehead atoms. The van der Waals surface area contributed by atoms with Crippen LogP contribution < -0.4 is 0 Å². The topological polar surface area (TPSA) is 38.1 Å². The Bertz CT molecular complexity index is 743. The summed E-state index contributed by atoms with van der Waals surface area (Å²) >= 11 is 3.57. The number of halogens is 2. The number of aromatic nitrogens is 2. The fourth-order valence-corrected chi connectivity index (χ4v) is 3.81. The molecule has 0 radical (unpaired) electrons. The molecule has 23 heavy (non-hydrogen) atoms. The number of amides is 1. The van der Waals surface area contributed by atoms with Gasteiger partial charge in [0.2, 0.25) is 5.95 Å². The highest BCUT2D eigenvalue weighted by molar-refractivity contribution is 9.10. The number of likely N-dealkylation sites (tertiary alicyclic amines) is 1. The number of benzene rings is 1. The molecule has 1 aromatic heterocycles. The van der Waals surface area contributed by atoms with Crippen molar-refractivity contribution in [2.24, 2.45) is 7.05 Å². The highest BCUT2D eigenvalue weighted by Crippen LogP contribution is 2.36. The molecular weight excluding hydrogens is 361 g/mol. The lowest BCUT2D eigenvalue weighted by molar-refractivity contribution is 0.0604. The summed E-state index contributed by atoms with van der Waals surface area (Å²) in [6.45, 7) is 2.31. The Morgan fingerprint density at radius 1 is 1.35 bits per heavy atom. The highest BCUT2D eigenvalue weighted by atomic mass is 79.9. The van der Waals surface area contributed by atoms with Crippen LogP contribution >= 0.6 is 15.9 Å². The van der Waals surface area contributed by atoms with Gasteiger partial charge in [-0.2, -0.15) is 9.49 Å². The Kier molecular flexibility index (Phi) is 4.53. The standard InChI is InChI=1S/C17H19BrFN3O/c1-11-15(16(19)21(2)20-11)17(23)22-10-6-5-9-14(22)12-7-3-4-8-13(12)18/h3-4,7-8,14H,5-6,9-10H2,1-2H3. The molecule has 6 heteroatoms. The third kappa shape index (κ3) is 2.92. The first-order chi connectivity index (χ1) is 11.0. The number of hydrogen-bond donors (Lipinski definition) is 0. The molecule has 0 spiro atoms. The molecule has 1 atom stereocenters. The average Bonchev–Trinajstić information content (AvgIpc) is 2.80. The number of aryl methyl sites for hydroxylation is 2. The molecule has 1 aliphatic heterocycles. The number of carbonyl (C=O) groups excluding carboxylic acids is 1. The van der Waals surface area contributed by atoms with Gasteiger partial charge in [0.05, 0.1) is 11.7 Å². The lowest BCUT2D eigenvalue weighted by Gasteiger charge is -2.36. The molecule has 2 aromatic rings. The summed E-state index contributed by atoms with van der Waals surface area (Å²) in [4.78, 5) is 14.8. The zero-order valence-electron chi connectivity index (χ0n) is 13.2. The van der Waals surface area contributed by atoms with Gasteiger partial charge in [0, 0.05) is 18.1 Å². The average molecular weight is 380 g/mol. The SMILES string of the molecule is Cc1nn(C)c(F)c1C(=O)N1CCCCC1c1ccccc1Br. The van der Waals surface area contributed by atoms with Gasteiger partial charge in [-0.3, -0.25) is 4.79 Å². The smallest absolute Gasteiger partial charge is 0.260 e. The van der Waals surface area contributed by atoms with E-state index in [-0.39, 0.29) is 17.5 Å². The van der Waals surface area contributed by atoms with E-state index in [2.05, 4.69) is 21.0 Å². The molecule has 3 rings (SSSR count). The molecule has 0 N–H and O–H groups in total. The van der Waals surface area contributed by atoms with E-state index in [0.29, 0.717) is 12.2 Å². The van der Waals surface area contributed by atoms with Gasteiger partial charge < -0.3 is 4.90 Å². The van der Waals surface area contributed by atoms with Crippen molar-refractivity contribution in [1.29, 1.82) is 0 Å². The van der Waals surface area contributed by atoms with Crippen molar-refractivity contribution in [3.63, 3.8) is 0 Å². The maximum Gasteiger partial charge on any atom is 0.260 e.